The normalized spacial score (nSPS) is 36.2. The van der Waals surface area contributed by atoms with Crippen LogP contribution in [0.25, 0.3) is 0 Å². The molecule has 12 unspecified atom stereocenters. The number of unbranched alkanes of at least 4 members (excludes halogenated alkanes) is 24. The summed E-state index contributed by atoms with van der Waals surface area (Å²) in [4.78, 5) is 38.2. The SMILES string of the molecule is CCCCCCCC/C=C\CCCCCCCC(=O)O[C@H](COC(=O)CCCCCCCCCCCCCCCC)COP(=O)(O)O[C@@H]1C(O[C@@H]2OC(CO[C@@H]3OC(CO[C@@H]4OC(CO)[C@H](O)C(O)[C@@H]4O)[C@H](O)C(O)[C@@H]3O)[C@H](O)C(O)[C@@H]2O)C(O)[C@@H](O)C(O)[C@H]1O[C@H]1OC(CO)[C@@H](O)C(O)[C@H]1O. The van der Waals surface area contributed by atoms with Crippen molar-refractivity contribution in [1.29, 1.82) is 0 Å². The van der Waals surface area contributed by atoms with Crippen LogP contribution in [0.15, 0.2) is 12.2 Å². The number of allylic oxidation sites excluding steroid dienone is 2. The van der Waals surface area contributed by atoms with E-state index in [-0.39, 0.29) is 12.8 Å². The van der Waals surface area contributed by atoms with E-state index in [9.17, 15) is 106 Å². The molecule has 4 saturated heterocycles. The number of phosphoric ester groups is 1. The number of aliphatic hydroxyl groups excluding tert-OH is 17. The smallest absolute Gasteiger partial charge is 0.462 e. The molecule has 598 valence electrons. The van der Waals surface area contributed by atoms with Crippen LogP contribution in [0.1, 0.15) is 200 Å². The van der Waals surface area contributed by atoms with E-state index in [0.717, 1.165) is 70.6 Å². The Hall–Kier alpha value is -2.21. The van der Waals surface area contributed by atoms with E-state index in [2.05, 4.69) is 26.0 Å². The van der Waals surface area contributed by atoms with Crippen LogP contribution in [0.5, 0.6) is 0 Å². The summed E-state index contributed by atoms with van der Waals surface area (Å²) in [6.45, 7) is -0.911. The molecule has 5 aliphatic rings. The summed E-state index contributed by atoms with van der Waals surface area (Å²) in [5.74, 6) is -1.45. The first kappa shape index (κ1) is 90.4. The number of esters is 2. The maximum atomic E-state index is 14.4. The van der Waals surface area contributed by atoms with Gasteiger partial charge in [-0.25, -0.2) is 4.57 Å². The second-order valence-corrected chi connectivity index (χ2v) is 29.0. The number of carbonyl (C=O) groups excluding carboxylic acids is 2. The second-order valence-electron chi connectivity index (χ2n) is 27.6. The van der Waals surface area contributed by atoms with Crippen LogP contribution in [0.2, 0.25) is 0 Å². The molecule has 5 fully saturated rings. The number of carbonyl (C=O) groups is 2. The summed E-state index contributed by atoms with van der Waals surface area (Å²) in [6.07, 6.45) is -23.3. The molecule has 34 heteroatoms. The minimum Gasteiger partial charge on any atom is -0.462 e. The fourth-order valence-corrected chi connectivity index (χ4v) is 13.8. The largest absolute Gasteiger partial charge is 0.472 e. The van der Waals surface area contributed by atoms with Gasteiger partial charge in [-0.1, -0.05) is 161 Å². The van der Waals surface area contributed by atoms with Crippen molar-refractivity contribution in [3.8, 4) is 0 Å². The van der Waals surface area contributed by atoms with Crippen LogP contribution in [0.3, 0.4) is 0 Å². The first-order valence-corrected chi connectivity index (χ1v) is 38.5. The van der Waals surface area contributed by atoms with E-state index in [4.69, 9.17) is 56.4 Å². The van der Waals surface area contributed by atoms with Crippen LogP contribution in [-0.4, -0.2) is 309 Å². The van der Waals surface area contributed by atoms with Gasteiger partial charge in [0.25, 0.3) is 0 Å². The van der Waals surface area contributed by atoms with Crippen molar-refractivity contribution in [1.82, 2.24) is 0 Å². The molecule has 18 N–H and O–H groups in total. The molecule has 0 aromatic heterocycles. The van der Waals surface area contributed by atoms with E-state index in [0.29, 0.717) is 19.3 Å². The predicted octanol–water partition coefficient (Wildman–Crippen LogP) is -0.0326. The summed E-state index contributed by atoms with van der Waals surface area (Å²) < 4.78 is 81.4. The minimum absolute atomic E-state index is 0.00239. The molecular formula is C68H123O33P. The quantitative estimate of drug-likeness (QED) is 0.0165. The Balaban J connectivity index is 1.29. The third kappa shape index (κ3) is 29.3. The Morgan fingerprint density at radius 3 is 1.11 bits per heavy atom. The molecule has 28 atom stereocenters. The zero-order valence-corrected chi connectivity index (χ0v) is 60.0. The van der Waals surface area contributed by atoms with Gasteiger partial charge >= 0.3 is 19.8 Å². The lowest BCUT2D eigenvalue weighted by Gasteiger charge is -2.49. The van der Waals surface area contributed by atoms with Crippen LogP contribution in [-0.2, 0) is 70.6 Å². The van der Waals surface area contributed by atoms with Crippen LogP contribution >= 0.6 is 7.82 Å². The van der Waals surface area contributed by atoms with Crippen molar-refractivity contribution in [2.24, 2.45) is 0 Å². The van der Waals surface area contributed by atoms with Gasteiger partial charge in [-0.15, -0.1) is 0 Å². The topological polar surface area (TPSA) is 526 Å². The van der Waals surface area contributed by atoms with Crippen molar-refractivity contribution in [3.05, 3.63) is 12.2 Å². The lowest BCUT2D eigenvalue weighted by atomic mass is 9.84. The van der Waals surface area contributed by atoms with Crippen LogP contribution in [0, 0.1) is 0 Å². The fourth-order valence-electron chi connectivity index (χ4n) is 12.8. The molecule has 33 nitrogen and oxygen atoms in total. The molecule has 0 spiro atoms. The van der Waals surface area contributed by atoms with E-state index >= 15 is 0 Å². The van der Waals surface area contributed by atoms with E-state index in [1.54, 1.807) is 0 Å². The Morgan fingerprint density at radius 2 is 0.706 bits per heavy atom. The minimum atomic E-state index is -5.82. The monoisotopic (exact) mass is 1500 g/mol. The molecule has 1 aliphatic carbocycles. The van der Waals surface area contributed by atoms with Gasteiger partial charge < -0.3 is 139 Å². The van der Waals surface area contributed by atoms with Gasteiger partial charge in [0.2, 0.25) is 0 Å². The molecular weight excluding hydrogens is 1380 g/mol. The molecule has 4 heterocycles. The van der Waals surface area contributed by atoms with Crippen molar-refractivity contribution in [2.75, 3.05) is 39.6 Å². The third-order valence-corrected chi connectivity index (χ3v) is 20.3. The van der Waals surface area contributed by atoms with Crippen molar-refractivity contribution >= 4 is 19.8 Å². The average Bonchev–Trinajstić information content (AvgIpc) is 0.760. The maximum absolute atomic E-state index is 14.4. The molecule has 0 amide bonds. The highest BCUT2D eigenvalue weighted by Crippen LogP contribution is 2.49. The number of rotatable bonds is 50. The predicted molar refractivity (Wildman–Crippen MR) is 356 cm³/mol. The molecule has 0 aromatic rings. The highest BCUT2D eigenvalue weighted by Gasteiger charge is 2.59. The summed E-state index contributed by atoms with van der Waals surface area (Å²) in [6, 6.07) is 0. The number of ether oxygens (including phenoxy) is 10. The van der Waals surface area contributed by atoms with E-state index in [1.807, 2.05) is 0 Å². The zero-order valence-electron chi connectivity index (χ0n) is 59.1. The van der Waals surface area contributed by atoms with Crippen molar-refractivity contribution < 1.29 is 162 Å². The van der Waals surface area contributed by atoms with Gasteiger partial charge in [-0.3, -0.25) is 18.6 Å². The second kappa shape index (κ2) is 48.3. The van der Waals surface area contributed by atoms with Crippen molar-refractivity contribution in [3.63, 3.8) is 0 Å². The van der Waals surface area contributed by atoms with Gasteiger partial charge in [0.15, 0.2) is 31.3 Å². The molecule has 0 radical (unpaired) electrons. The van der Waals surface area contributed by atoms with Crippen LogP contribution < -0.4 is 0 Å². The van der Waals surface area contributed by atoms with Crippen molar-refractivity contribution in [2.45, 2.75) is 366 Å². The Kier molecular flexibility index (Phi) is 42.9. The Bertz CT molecular complexity index is 2330. The standard InChI is InChI=1S/C68H123O33P/c1-3-5-7-9-11-13-15-17-19-21-23-25-27-29-31-33-46(72)94-40(36-90-45(71)32-30-28-26-24-22-20-18-16-14-12-10-8-6-4-2)37-93-102(88,89)101-64-62(99-67-60(86)52(78)48(74)42(35-70)96-67)56(82)55(81)57(83)63(64)100-68-61(87)54(80)50(76)44(98-68)39-92-66-59(85)53(79)49(75)43(97-66)38-91-65-58(84)51(77)47(73)41(34-69)95-65/h17,19,40-44,47-70,73-87H,3-16,18,20-39H2,1-2H3,(H,88,89)/b19-17-/t40-,41?,42?,43?,44?,47+,48-,49+,50+,51?,52?,53?,54?,55+,56?,57?,58+,59+,60-,61+,62-,63?,64+,65-,66-,67-,68+/m1/s1. The van der Waals surface area contributed by atoms with Gasteiger partial charge in [0, 0.05) is 12.8 Å². The maximum Gasteiger partial charge on any atom is 0.472 e. The van der Waals surface area contributed by atoms with Gasteiger partial charge in [0.05, 0.1) is 33.0 Å². The average molecular weight is 1500 g/mol. The Labute approximate surface area is 597 Å². The van der Waals surface area contributed by atoms with Gasteiger partial charge in [0.1, 0.15) is 141 Å². The number of aliphatic hydroxyl groups is 17. The molecule has 1 saturated carbocycles. The molecule has 4 aliphatic heterocycles. The first-order valence-electron chi connectivity index (χ1n) is 37.0. The highest BCUT2D eigenvalue weighted by atomic mass is 31.2. The van der Waals surface area contributed by atoms with E-state index in [1.165, 1.54) is 83.5 Å². The molecule has 0 bridgehead atoms. The molecule has 5 rings (SSSR count). The third-order valence-electron chi connectivity index (χ3n) is 19.3. The lowest BCUT2D eigenvalue weighted by molar-refractivity contribution is -0.365. The first-order chi connectivity index (χ1) is 48.8. The number of hydrogen-bond donors (Lipinski definition) is 18. The number of phosphoric acid groups is 1. The summed E-state index contributed by atoms with van der Waals surface area (Å²) in [7, 11) is -5.82. The number of hydrogen-bond acceptors (Lipinski definition) is 32. The summed E-state index contributed by atoms with van der Waals surface area (Å²) in [5, 5.41) is 184. The molecule has 0 aromatic carbocycles. The fraction of sp³-hybridized carbons (Fsp3) is 0.941. The Morgan fingerprint density at radius 1 is 0.382 bits per heavy atom. The van der Waals surface area contributed by atoms with Gasteiger partial charge in [-0.2, -0.15) is 0 Å². The lowest BCUT2D eigenvalue weighted by Crippen LogP contribution is -2.69. The van der Waals surface area contributed by atoms with E-state index < -0.39 is 225 Å². The molecule has 102 heavy (non-hydrogen) atoms. The van der Waals surface area contributed by atoms with Gasteiger partial charge in [-0.05, 0) is 38.5 Å². The summed E-state index contributed by atoms with van der Waals surface area (Å²) in [5.41, 5.74) is 0. The summed E-state index contributed by atoms with van der Waals surface area (Å²) >= 11 is 0. The zero-order chi connectivity index (χ0) is 74.9. The highest BCUT2D eigenvalue weighted by molar-refractivity contribution is 7.47. The van der Waals surface area contributed by atoms with Crippen LogP contribution in [0.4, 0.5) is 0 Å².